The number of carbonyl (C=O) groups excluding carboxylic acids is 1. The van der Waals surface area contributed by atoms with E-state index in [0.29, 0.717) is 19.7 Å². The lowest BCUT2D eigenvalue weighted by Gasteiger charge is -2.30. The Hall–Kier alpha value is -2.17. The lowest BCUT2D eigenvalue weighted by Crippen LogP contribution is -2.39. The summed E-state index contributed by atoms with van der Waals surface area (Å²) in [4.78, 5) is 17.6. The Kier molecular flexibility index (Phi) is 3.96. The number of amides is 1. The molecule has 124 valence electrons. The van der Waals surface area contributed by atoms with Gasteiger partial charge in [-0.25, -0.2) is 4.79 Å². The van der Waals surface area contributed by atoms with Gasteiger partial charge < -0.3 is 19.4 Å². The normalized spacial score (nSPS) is 14.7. The Balaban J connectivity index is 1.88. The summed E-state index contributed by atoms with van der Waals surface area (Å²) in [5, 5.41) is 1.12. The van der Waals surface area contributed by atoms with Crippen LogP contribution >= 0.6 is 0 Å². The third kappa shape index (κ3) is 3.28. The Bertz CT molecular complexity index is 728. The molecule has 1 aliphatic rings. The monoisotopic (exact) mass is 316 g/mol. The van der Waals surface area contributed by atoms with Crippen molar-refractivity contribution in [3.8, 4) is 5.75 Å². The van der Waals surface area contributed by atoms with Crippen molar-refractivity contribution in [2.75, 3.05) is 13.2 Å². The molecule has 0 bridgehead atoms. The van der Waals surface area contributed by atoms with Crippen LogP contribution in [0.5, 0.6) is 5.75 Å². The number of nitrogens with one attached hydrogen (secondary N) is 1. The number of fused-ring (bicyclic) bond motifs is 3. The molecule has 0 saturated heterocycles. The average molecular weight is 316 g/mol. The Morgan fingerprint density at radius 3 is 2.83 bits per heavy atom. The Labute approximate surface area is 136 Å². The van der Waals surface area contributed by atoms with Crippen LogP contribution in [-0.2, 0) is 17.7 Å². The summed E-state index contributed by atoms with van der Waals surface area (Å²) in [7, 11) is 0. The Morgan fingerprint density at radius 2 is 2.13 bits per heavy atom. The van der Waals surface area contributed by atoms with Crippen LogP contribution in [0.1, 0.15) is 39.0 Å². The summed E-state index contributed by atoms with van der Waals surface area (Å²) in [5.41, 5.74) is 2.98. The van der Waals surface area contributed by atoms with Gasteiger partial charge in [-0.05, 0) is 45.9 Å². The average Bonchev–Trinajstić information content (AvgIpc) is 2.83. The number of rotatable bonds is 2. The number of hydrogen-bond donors (Lipinski definition) is 1. The number of aromatic amines is 1. The van der Waals surface area contributed by atoms with Crippen molar-refractivity contribution in [3.05, 3.63) is 29.5 Å². The van der Waals surface area contributed by atoms with E-state index >= 15 is 0 Å². The van der Waals surface area contributed by atoms with E-state index < -0.39 is 5.60 Å². The number of nitrogens with zero attached hydrogens (tertiary/aromatic N) is 1. The minimum Gasteiger partial charge on any atom is -0.494 e. The topological polar surface area (TPSA) is 54.6 Å². The van der Waals surface area contributed by atoms with Gasteiger partial charge in [0.15, 0.2) is 0 Å². The van der Waals surface area contributed by atoms with Crippen LogP contribution in [0, 0.1) is 0 Å². The van der Waals surface area contributed by atoms with E-state index in [2.05, 4.69) is 4.98 Å². The van der Waals surface area contributed by atoms with E-state index in [1.165, 1.54) is 11.3 Å². The van der Waals surface area contributed by atoms with Crippen molar-refractivity contribution in [2.24, 2.45) is 0 Å². The zero-order valence-corrected chi connectivity index (χ0v) is 14.2. The van der Waals surface area contributed by atoms with Crippen molar-refractivity contribution < 1.29 is 14.3 Å². The second-order valence-electron chi connectivity index (χ2n) is 6.87. The maximum Gasteiger partial charge on any atom is 0.410 e. The quantitative estimate of drug-likeness (QED) is 0.915. The van der Waals surface area contributed by atoms with Crippen molar-refractivity contribution in [2.45, 2.75) is 46.3 Å². The maximum absolute atomic E-state index is 12.3. The van der Waals surface area contributed by atoms with Crippen molar-refractivity contribution in [1.82, 2.24) is 9.88 Å². The van der Waals surface area contributed by atoms with Gasteiger partial charge in [-0.1, -0.05) is 0 Å². The number of aromatic nitrogens is 1. The first kappa shape index (κ1) is 15.7. The van der Waals surface area contributed by atoms with Gasteiger partial charge in [0.2, 0.25) is 0 Å². The van der Waals surface area contributed by atoms with E-state index in [9.17, 15) is 4.79 Å². The molecule has 1 N–H and O–H groups in total. The molecule has 0 fully saturated rings. The number of benzene rings is 1. The van der Waals surface area contributed by atoms with E-state index in [1.807, 2.05) is 45.9 Å². The minimum absolute atomic E-state index is 0.251. The molecule has 3 rings (SSSR count). The molecule has 0 aliphatic carbocycles. The maximum atomic E-state index is 12.3. The van der Waals surface area contributed by atoms with Gasteiger partial charge in [0, 0.05) is 35.1 Å². The molecule has 1 aromatic carbocycles. The molecule has 1 aliphatic heterocycles. The highest BCUT2D eigenvalue weighted by atomic mass is 16.6. The van der Waals surface area contributed by atoms with Crippen molar-refractivity contribution in [3.63, 3.8) is 0 Å². The lowest BCUT2D eigenvalue weighted by atomic mass is 10.0. The minimum atomic E-state index is -0.473. The predicted octanol–water partition coefficient (Wildman–Crippen LogP) is 3.86. The fourth-order valence-electron chi connectivity index (χ4n) is 2.93. The van der Waals surface area contributed by atoms with Gasteiger partial charge in [-0.2, -0.15) is 0 Å². The highest BCUT2D eigenvalue weighted by Gasteiger charge is 2.27. The summed E-state index contributed by atoms with van der Waals surface area (Å²) in [6, 6.07) is 6.06. The SMILES string of the molecule is CCOc1ccc2[nH]c3c(c2c1)CN(C(=O)OC(C)(C)C)CC3. The zero-order valence-electron chi connectivity index (χ0n) is 14.2. The van der Waals surface area contributed by atoms with Crippen LogP contribution < -0.4 is 4.74 Å². The second kappa shape index (κ2) is 5.80. The second-order valence-corrected chi connectivity index (χ2v) is 6.87. The van der Waals surface area contributed by atoms with Crippen LogP contribution in [0.15, 0.2) is 18.2 Å². The predicted molar refractivity (Wildman–Crippen MR) is 89.8 cm³/mol. The van der Waals surface area contributed by atoms with Gasteiger partial charge in [0.25, 0.3) is 0 Å². The third-order valence-corrected chi connectivity index (χ3v) is 3.91. The van der Waals surface area contributed by atoms with Gasteiger partial charge in [0.05, 0.1) is 13.2 Å². The lowest BCUT2D eigenvalue weighted by molar-refractivity contribution is 0.0224. The highest BCUT2D eigenvalue weighted by Crippen LogP contribution is 2.31. The molecule has 23 heavy (non-hydrogen) atoms. The van der Waals surface area contributed by atoms with Crippen LogP contribution in [0.25, 0.3) is 10.9 Å². The number of ether oxygens (including phenoxy) is 2. The highest BCUT2D eigenvalue weighted by molar-refractivity contribution is 5.86. The van der Waals surface area contributed by atoms with Crippen molar-refractivity contribution >= 4 is 17.0 Å². The summed E-state index contributed by atoms with van der Waals surface area (Å²) >= 11 is 0. The molecular weight excluding hydrogens is 292 g/mol. The molecule has 0 atom stereocenters. The fraction of sp³-hybridized carbons (Fsp3) is 0.500. The molecule has 0 radical (unpaired) electrons. The molecule has 1 amide bonds. The van der Waals surface area contributed by atoms with E-state index in [0.717, 1.165) is 23.1 Å². The summed E-state index contributed by atoms with van der Waals surface area (Å²) in [5.74, 6) is 0.858. The molecule has 2 aromatic rings. The number of hydrogen-bond acceptors (Lipinski definition) is 3. The number of H-pyrrole nitrogens is 1. The van der Waals surface area contributed by atoms with E-state index in [1.54, 1.807) is 4.90 Å². The van der Waals surface area contributed by atoms with Crippen LogP contribution in [0.4, 0.5) is 4.79 Å². The summed E-state index contributed by atoms with van der Waals surface area (Å²) in [6.45, 7) is 9.52. The third-order valence-electron chi connectivity index (χ3n) is 3.91. The summed E-state index contributed by atoms with van der Waals surface area (Å²) < 4.78 is 11.1. The van der Waals surface area contributed by atoms with Gasteiger partial charge >= 0.3 is 6.09 Å². The zero-order chi connectivity index (χ0) is 16.6. The van der Waals surface area contributed by atoms with Gasteiger partial charge in [-0.15, -0.1) is 0 Å². The van der Waals surface area contributed by atoms with Crippen molar-refractivity contribution in [1.29, 1.82) is 0 Å². The summed E-state index contributed by atoms with van der Waals surface area (Å²) in [6.07, 6.45) is 0.561. The van der Waals surface area contributed by atoms with E-state index in [4.69, 9.17) is 9.47 Å². The molecule has 5 heteroatoms. The van der Waals surface area contributed by atoms with Crippen LogP contribution in [0.3, 0.4) is 0 Å². The Morgan fingerprint density at radius 1 is 1.35 bits per heavy atom. The largest absolute Gasteiger partial charge is 0.494 e. The number of carbonyl (C=O) groups is 1. The first-order valence-corrected chi connectivity index (χ1v) is 8.11. The fourth-order valence-corrected chi connectivity index (χ4v) is 2.93. The van der Waals surface area contributed by atoms with Gasteiger partial charge in [-0.3, -0.25) is 0 Å². The molecule has 5 nitrogen and oxygen atoms in total. The van der Waals surface area contributed by atoms with Crippen LogP contribution in [-0.4, -0.2) is 34.7 Å². The standard InChI is InChI=1S/C18H24N2O3/c1-5-22-12-6-7-15-13(10-12)14-11-20(9-8-16(14)19-15)17(21)23-18(2,3)4/h6-7,10,19H,5,8-9,11H2,1-4H3. The molecule has 0 saturated carbocycles. The molecule has 0 unspecified atom stereocenters. The van der Waals surface area contributed by atoms with Gasteiger partial charge in [0.1, 0.15) is 11.4 Å². The van der Waals surface area contributed by atoms with E-state index in [-0.39, 0.29) is 6.09 Å². The first-order valence-electron chi connectivity index (χ1n) is 8.11. The first-order chi connectivity index (χ1) is 10.9. The smallest absolute Gasteiger partial charge is 0.410 e. The molecule has 2 heterocycles. The molecule has 1 aromatic heterocycles. The van der Waals surface area contributed by atoms with Crippen LogP contribution in [0.2, 0.25) is 0 Å². The molecule has 0 spiro atoms. The molecular formula is C18H24N2O3.